The number of carbonyl (C=O) groups excluding carboxylic acids is 1. The Morgan fingerprint density at radius 2 is 1.63 bits per heavy atom. The normalized spacial score (nSPS) is 20.7. The van der Waals surface area contributed by atoms with Crippen LogP contribution in [-0.4, -0.2) is 52.5 Å². The highest BCUT2D eigenvalue weighted by atomic mass is 32.3. The van der Waals surface area contributed by atoms with Crippen molar-refractivity contribution in [2.75, 3.05) is 30.4 Å². The van der Waals surface area contributed by atoms with Crippen LogP contribution < -0.4 is 9.64 Å². The zero-order valence-electron chi connectivity index (χ0n) is 23.5. The number of carbonyl (C=O) groups is 1. The molecule has 3 atom stereocenters. The van der Waals surface area contributed by atoms with Crippen molar-refractivity contribution >= 4 is 27.7 Å². The number of nitrogens with zero attached hydrogens (tertiary/aromatic N) is 2. The van der Waals surface area contributed by atoms with Crippen molar-refractivity contribution < 1.29 is 28.1 Å². The highest BCUT2D eigenvalue weighted by Crippen LogP contribution is 2.47. The van der Waals surface area contributed by atoms with Gasteiger partial charge in [0.15, 0.2) is 16.5 Å². The monoisotopic (exact) mass is 596 g/mol. The van der Waals surface area contributed by atoms with Gasteiger partial charge in [-0.25, -0.2) is 4.99 Å². The van der Waals surface area contributed by atoms with E-state index in [0.717, 1.165) is 11.1 Å². The van der Waals surface area contributed by atoms with E-state index >= 15 is 0 Å². The first kappa shape index (κ1) is 28.8. The molecule has 43 heavy (non-hydrogen) atoms. The fourth-order valence-electron chi connectivity index (χ4n) is 5.63. The average molecular weight is 597 g/mol. The molecular weight excluding hydrogens is 564 g/mol. The van der Waals surface area contributed by atoms with Crippen LogP contribution in [0.3, 0.4) is 0 Å². The zero-order valence-corrected chi connectivity index (χ0v) is 24.3. The quantitative estimate of drug-likeness (QED) is 0.204. The van der Waals surface area contributed by atoms with E-state index in [1.807, 2.05) is 66.7 Å². The second-order valence-corrected chi connectivity index (χ2v) is 12.7. The predicted octanol–water partition coefficient (Wildman–Crippen LogP) is 4.98. The minimum atomic E-state index is -3.64. The molecule has 0 radical (unpaired) electrons. The fourth-order valence-corrected chi connectivity index (χ4v) is 6.86. The number of fused-ring (bicyclic) bond motifs is 1. The van der Waals surface area contributed by atoms with Gasteiger partial charge in [0.25, 0.3) is 5.91 Å². The molecule has 0 bridgehead atoms. The first-order valence-corrected chi connectivity index (χ1v) is 15.9. The molecule has 0 aromatic heterocycles. The summed E-state index contributed by atoms with van der Waals surface area (Å²) in [6.07, 6.45) is 0.110. The smallest absolute Gasteiger partial charge is 0.259 e. The Balaban J connectivity index is 1.38. The number of amides is 1. The van der Waals surface area contributed by atoms with Gasteiger partial charge in [-0.3, -0.25) is 4.79 Å². The Kier molecular flexibility index (Phi) is 8.12. The van der Waals surface area contributed by atoms with Gasteiger partial charge in [0, 0.05) is 30.7 Å². The topological polar surface area (TPSA) is 111 Å². The van der Waals surface area contributed by atoms with Gasteiger partial charge in [-0.15, -0.1) is 4.21 Å². The summed E-state index contributed by atoms with van der Waals surface area (Å²) in [5.41, 5.74) is 1.73. The Labute approximate surface area is 251 Å². The third-order valence-electron chi connectivity index (χ3n) is 7.78. The van der Waals surface area contributed by atoms with E-state index in [9.17, 15) is 13.6 Å². The summed E-state index contributed by atoms with van der Waals surface area (Å²) in [6.45, 7) is 0.426. The largest absolute Gasteiger partial charge is 0.610 e. The number of ether oxygens (including phenoxy) is 2. The number of aliphatic imine (C=N–C) groups is 1. The van der Waals surface area contributed by atoms with Gasteiger partial charge in [-0.2, -0.15) is 0 Å². The number of hydrogen-bond acceptors (Lipinski definition) is 7. The van der Waals surface area contributed by atoms with E-state index in [-0.39, 0.29) is 29.7 Å². The summed E-state index contributed by atoms with van der Waals surface area (Å²) in [5.74, 6) is 0.444. The van der Waals surface area contributed by atoms with Gasteiger partial charge in [-0.05, 0) is 53.6 Å². The van der Waals surface area contributed by atoms with Crippen LogP contribution in [0.25, 0.3) is 0 Å². The molecule has 2 aliphatic heterocycles. The van der Waals surface area contributed by atoms with Gasteiger partial charge >= 0.3 is 0 Å². The van der Waals surface area contributed by atoms with Crippen molar-refractivity contribution in [3.05, 3.63) is 126 Å². The SMILES string of the molecule is O=C1N(CC[S+](=O)([O-])c2ccccc2)c2ccccc2C[C@@]12N=C(c1ccc(OCCCO)cc1)O[C@H]2c1ccccc1. The van der Waals surface area contributed by atoms with Crippen molar-refractivity contribution in [1.82, 2.24) is 0 Å². The van der Waals surface area contributed by atoms with Crippen molar-refractivity contribution in [3.63, 3.8) is 0 Å². The van der Waals surface area contributed by atoms with Gasteiger partial charge < -0.3 is 24.0 Å². The Morgan fingerprint density at radius 1 is 0.953 bits per heavy atom. The lowest BCUT2D eigenvalue weighted by Crippen LogP contribution is -2.56. The molecule has 220 valence electrons. The van der Waals surface area contributed by atoms with E-state index in [2.05, 4.69) is 0 Å². The van der Waals surface area contributed by atoms with E-state index in [0.29, 0.717) is 42.3 Å². The number of benzene rings is 4. The summed E-state index contributed by atoms with van der Waals surface area (Å²) < 4.78 is 38.6. The van der Waals surface area contributed by atoms with E-state index < -0.39 is 21.9 Å². The minimum Gasteiger partial charge on any atom is -0.610 e. The molecule has 0 aliphatic carbocycles. The number of hydrogen-bond donors (Lipinski definition) is 1. The van der Waals surface area contributed by atoms with Crippen LogP contribution in [0.5, 0.6) is 5.75 Å². The molecule has 1 amide bonds. The van der Waals surface area contributed by atoms with Crippen LogP contribution in [0, 0.1) is 0 Å². The molecule has 2 heterocycles. The molecule has 1 N–H and O–H groups in total. The third-order valence-corrected chi connectivity index (χ3v) is 9.49. The Morgan fingerprint density at radius 3 is 2.35 bits per heavy atom. The van der Waals surface area contributed by atoms with Crippen LogP contribution in [0.15, 0.2) is 119 Å². The highest BCUT2D eigenvalue weighted by molar-refractivity contribution is 7.97. The molecule has 0 saturated heterocycles. The Hall–Kier alpha value is -4.31. The van der Waals surface area contributed by atoms with Gasteiger partial charge in [-0.1, -0.05) is 66.7 Å². The van der Waals surface area contributed by atoms with Crippen LogP contribution in [0.1, 0.15) is 29.2 Å². The third kappa shape index (κ3) is 5.71. The first-order chi connectivity index (χ1) is 20.9. The molecule has 4 aromatic rings. The number of aliphatic hydroxyl groups excluding tert-OH is 1. The first-order valence-electron chi connectivity index (χ1n) is 14.2. The molecule has 9 heteroatoms. The lowest BCUT2D eigenvalue weighted by Gasteiger charge is -2.40. The molecule has 0 fully saturated rings. The molecule has 6 rings (SSSR count). The highest BCUT2D eigenvalue weighted by Gasteiger charge is 2.57. The van der Waals surface area contributed by atoms with Crippen molar-refractivity contribution in [2.24, 2.45) is 4.99 Å². The molecule has 4 aromatic carbocycles. The molecule has 1 spiro atoms. The summed E-state index contributed by atoms with van der Waals surface area (Å²) in [6, 6.07) is 32.7. The minimum absolute atomic E-state index is 0.0267. The van der Waals surface area contributed by atoms with E-state index in [1.54, 1.807) is 47.4 Å². The number of aliphatic hydroxyl groups is 1. The number of anilines is 1. The molecule has 0 saturated carbocycles. The summed E-state index contributed by atoms with van der Waals surface area (Å²) in [4.78, 5) is 21.4. The van der Waals surface area contributed by atoms with Crippen LogP contribution in [-0.2, 0) is 30.4 Å². The van der Waals surface area contributed by atoms with Crippen molar-refractivity contribution in [3.8, 4) is 5.75 Å². The van der Waals surface area contributed by atoms with Gasteiger partial charge in [0.05, 0.1) is 23.4 Å². The fraction of sp³-hybridized carbons (Fsp3) is 0.235. The van der Waals surface area contributed by atoms with Crippen LogP contribution >= 0.6 is 0 Å². The van der Waals surface area contributed by atoms with E-state index in [4.69, 9.17) is 19.6 Å². The van der Waals surface area contributed by atoms with Crippen LogP contribution in [0.2, 0.25) is 0 Å². The predicted molar refractivity (Wildman–Crippen MR) is 164 cm³/mol. The van der Waals surface area contributed by atoms with Crippen molar-refractivity contribution in [2.45, 2.75) is 29.4 Å². The standard InChI is InChI=1S/C34H32N2O6S/c37-21-9-22-41-28-18-16-26(17-19-28)32-35-34(31(42-32)25-10-3-1-4-11-25)24-27-12-7-8-15-30(27)36(33(34)38)20-23-43(39,40)29-13-5-2-6-14-29/h1-8,10-19,31,37H,9,20-24H2/t31-,34-/m0/s1. The lowest BCUT2D eigenvalue weighted by atomic mass is 9.78. The maximum absolute atomic E-state index is 14.6. The average Bonchev–Trinajstić information content (AvgIpc) is 3.42. The Bertz CT molecular complexity index is 1660. The molecule has 1 unspecified atom stereocenters. The van der Waals surface area contributed by atoms with Crippen LogP contribution in [0.4, 0.5) is 5.69 Å². The number of rotatable bonds is 10. The number of sulfone groups is 1. The van der Waals surface area contributed by atoms with E-state index in [1.165, 1.54) is 0 Å². The van der Waals surface area contributed by atoms with Crippen molar-refractivity contribution in [1.29, 1.82) is 0 Å². The second-order valence-electron chi connectivity index (χ2n) is 10.6. The van der Waals surface area contributed by atoms with Gasteiger partial charge in [0.2, 0.25) is 5.90 Å². The second kappa shape index (κ2) is 12.1. The summed E-state index contributed by atoms with van der Waals surface area (Å²) in [5, 5.41) is 9.03. The maximum Gasteiger partial charge on any atom is 0.259 e. The molecule has 8 nitrogen and oxygen atoms in total. The zero-order chi connectivity index (χ0) is 29.9. The molecular formula is C34H32N2O6S. The lowest BCUT2D eigenvalue weighted by molar-refractivity contribution is -0.126. The summed E-state index contributed by atoms with van der Waals surface area (Å²) in [7, 11) is -3.64. The van der Waals surface area contributed by atoms with Gasteiger partial charge in [0.1, 0.15) is 11.5 Å². The summed E-state index contributed by atoms with van der Waals surface area (Å²) >= 11 is 0. The maximum atomic E-state index is 14.6. The molecule has 2 aliphatic rings. The number of para-hydroxylation sites is 1.